The number of aliphatic hydroxyl groups is 2. The van der Waals surface area contributed by atoms with E-state index in [0.717, 1.165) is 109 Å². The summed E-state index contributed by atoms with van der Waals surface area (Å²) in [6.07, 6.45) is 55.0. The monoisotopic (exact) mass is 1110 g/mol. The first kappa shape index (κ1) is 73.7. The number of aliphatic carboxylic acids is 1. The Kier molecular flexibility index (Phi) is 51.5. The van der Waals surface area contributed by atoms with E-state index < -0.39 is 67.3 Å². The SMILES string of the molecule is CCC/C=C\C/C=C\CCCCCCCC(=O)OC(COC(=O)CCCCCCCCC/C=C\C/C=C\CCCCC)COC1OC(C(=O)O)C(O)C(O)C1OC(=O)CCCCCCCCCCCCCCCCCCCCC. The first-order valence-electron chi connectivity index (χ1n) is 32.6. The molecule has 0 radical (unpaired) electrons. The average molecular weight is 1120 g/mol. The van der Waals surface area contributed by atoms with Crippen molar-refractivity contribution in [1.29, 1.82) is 0 Å². The normalized spacial score (nSPS) is 18.1. The van der Waals surface area contributed by atoms with Gasteiger partial charge in [-0.05, 0) is 77.0 Å². The molecule has 1 heterocycles. The third kappa shape index (κ3) is 45.0. The molecule has 0 aromatic carbocycles. The molecule has 1 aliphatic rings. The molecule has 12 nitrogen and oxygen atoms in total. The molecular formula is C67H118O12. The van der Waals surface area contributed by atoms with Crippen LogP contribution in [0.15, 0.2) is 48.6 Å². The van der Waals surface area contributed by atoms with Crippen LogP contribution in [-0.2, 0) is 42.9 Å². The Hall–Kier alpha value is -3.32. The summed E-state index contributed by atoms with van der Waals surface area (Å²) in [6, 6.07) is 0. The maximum Gasteiger partial charge on any atom is 0.335 e. The molecule has 1 saturated heterocycles. The number of carboxylic acid groups (broad SMARTS) is 1. The molecule has 1 fully saturated rings. The molecule has 3 N–H and O–H groups in total. The fourth-order valence-corrected chi connectivity index (χ4v) is 9.85. The molecule has 1 aliphatic heterocycles. The van der Waals surface area contributed by atoms with E-state index in [9.17, 15) is 34.5 Å². The Bertz CT molecular complexity index is 1560. The Morgan fingerprint density at radius 3 is 1.22 bits per heavy atom. The van der Waals surface area contributed by atoms with Gasteiger partial charge < -0.3 is 39.0 Å². The van der Waals surface area contributed by atoms with E-state index >= 15 is 0 Å². The van der Waals surface area contributed by atoms with Gasteiger partial charge in [0.1, 0.15) is 18.8 Å². The number of rotatable bonds is 56. The molecule has 458 valence electrons. The van der Waals surface area contributed by atoms with Crippen molar-refractivity contribution in [3.05, 3.63) is 48.6 Å². The van der Waals surface area contributed by atoms with Crippen LogP contribution in [0.1, 0.15) is 303 Å². The van der Waals surface area contributed by atoms with Gasteiger partial charge in [-0.2, -0.15) is 0 Å². The van der Waals surface area contributed by atoms with Gasteiger partial charge in [0.2, 0.25) is 0 Å². The lowest BCUT2D eigenvalue weighted by Crippen LogP contribution is -2.61. The highest BCUT2D eigenvalue weighted by Gasteiger charge is 2.50. The molecule has 6 unspecified atom stereocenters. The zero-order valence-corrected chi connectivity index (χ0v) is 50.6. The summed E-state index contributed by atoms with van der Waals surface area (Å²) in [5, 5.41) is 31.6. The number of ether oxygens (including phenoxy) is 5. The van der Waals surface area contributed by atoms with Crippen LogP contribution in [0.3, 0.4) is 0 Å². The third-order valence-electron chi connectivity index (χ3n) is 14.9. The van der Waals surface area contributed by atoms with Crippen LogP contribution in [0, 0.1) is 0 Å². The number of hydrogen-bond donors (Lipinski definition) is 3. The first-order chi connectivity index (χ1) is 38.6. The second-order valence-corrected chi connectivity index (χ2v) is 22.4. The summed E-state index contributed by atoms with van der Waals surface area (Å²) >= 11 is 0. The lowest BCUT2D eigenvalue weighted by atomic mass is 9.98. The second-order valence-electron chi connectivity index (χ2n) is 22.4. The molecule has 0 aliphatic carbocycles. The molecule has 79 heavy (non-hydrogen) atoms. The summed E-state index contributed by atoms with van der Waals surface area (Å²) in [7, 11) is 0. The van der Waals surface area contributed by atoms with Gasteiger partial charge in [-0.15, -0.1) is 0 Å². The van der Waals surface area contributed by atoms with E-state index in [1.807, 2.05) is 0 Å². The largest absolute Gasteiger partial charge is 0.479 e. The summed E-state index contributed by atoms with van der Waals surface area (Å²) in [6.45, 7) is 5.93. The maximum absolute atomic E-state index is 13.2. The van der Waals surface area contributed by atoms with Crippen molar-refractivity contribution >= 4 is 23.9 Å². The number of carboxylic acids is 1. The van der Waals surface area contributed by atoms with E-state index in [2.05, 4.69) is 69.4 Å². The van der Waals surface area contributed by atoms with E-state index in [4.69, 9.17) is 23.7 Å². The van der Waals surface area contributed by atoms with E-state index in [0.29, 0.717) is 19.3 Å². The quantitative estimate of drug-likeness (QED) is 0.0228. The molecule has 0 spiro atoms. The highest BCUT2D eigenvalue weighted by atomic mass is 16.7. The predicted octanol–water partition coefficient (Wildman–Crippen LogP) is 17.3. The summed E-state index contributed by atoms with van der Waals surface area (Å²) < 4.78 is 28.5. The number of carbonyl (C=O) groups excluding carboxylic acids is 3. The van der Waals surface area contributed by atoms with Crippen LogP contribution in [-0.4, -0.2) is 89.2 Å². The molecule has 0 bridgehead atoms. The minimum absolute atomic E-state index is 0.0626. The number of unbranched alkanes of at least 4 members (excludes halogenated alkanes) is 34. The summed E-state index contributed by atoms with van der Waals surface area (Å²) in [4.78, 5) is 51.3. The van der Waals surface area contributed by atoms with Crippen molar-refractivity contribution in [1.82, 2.24) is 0 Å². The Morgan fingerprint density at radius 2 is 0.785 bits per heavy atom. The molecule has 12 heteroatoms. The lowest BCUT2D eigenvalue weighted by Gasteiger charge is -2.40. The maximum atomic E-state index is 13.2. The van der Waals surface area contributed by atoms with Crippen molar-refractivity contribution in [2.45, 2.75) is 340 Å². The number of allylic oxidation sites excluding steroid dienone is 8. The van der Waals surface area contributed by atoms with Gasteiger partial charge in [0.25, 0.3) is 0 Å². The zero-order chi connectivity index (χ0) is 57.5. The van der Waals surface area contributed by atoms with E-state index in [-0.39, 0.29) is 25.9 Å². The number of aliphatic hydroxyl groups excluding tert-OH is 2. The van der Waals surface area contributed by atoms with Crippen LogP contribution in [0.2, 0.25) is 0 Å². The van der Waals surface area contributed by atoms with Crippen molar-refractivity contribution in [2.75, 3.05) is 13.2 Å². The smallest absolute Gasteiger partial charge is 0.335 e. The third-order valence-corrected chi connectivity index (χ3v) is 14.9. The average Bonchev–Trinajstić information content (AvgIpc) is 3.43. The Balaban J connectivity index is 2.63. The van der Waals surface area contributed by atoms with Crippen LogP contribution in [0.25, 0.3) is 0 Å². The fourth-order valence-electron chi connectivity index (χ4n) is 9.85. The van der Waals surface area contributed by atoms with Crippen molar-refractivity contribution in [3.8, 4) is 0 Å². The van der Waals surface area contributed by atoms with E-state index in [1.54, 1.807) is 0 Å². The number of esters is 3. The van der Waals surface area contributed by atoms with Gasteiger partial charge in [0, 0.05) is 19.3 Å². The highest BCUT2D eigenvalue weighted by Crippen LogP contribution is 2.27. The van der Waals surface area contributed by atoms with Crippen molar-refractivity contribution in [3.63, 3.8) is 0 Å². The Morgan fingerprint density at radius 1 is 0.418 bits per heavy atom. The fraction of sp³-hybridized carbons (Fsp3) is 0.821. The number of hydrogen-bond acceptors (Lipinski definition) is 11. The minimum atomic E-state index is -1.90. The standard InChI is InChI=1S/C67H118O12/c1-4-7-10-13-16-19-22-25-27-29-30-32-34-37-40-43-46-49-52-55-61(70)78-65-63(72)62(71)64(66(73)74)79-67(65)76-57-58(77-60(69)54-51-48-45-42-39-35-24-21-18-15-12-9-6-3)56-75-59(68)53-50-47-44-41-38-36-33-31-28-26-23-20-17-14-11-8-5-2/h12,15,17,20-21,24,26,28,58,62-65,67,71-72H,4-11,13-14,16,18-19,22-23,25,27,29-57H2,1-3H3,(H,73,74)/b15-12-,20-17-,24-21-,28-26-. The molecule has 0 amide bonds. The first-order valence-corrected chi connectivity index (χ1v) is 32.6. The van der Waals surface area contributed by atoms with Gasteiger partial charge in [-0.1, -0.05) is 256 Å². The highest BCUT2D eigenvalue weighted by molar-refractivity contribution is 5.74. The van der Waals surface area contributed by atoms with Gasteiger partial charge in [-0.25, -0.2) is 4.79 Å². The van der Waals surface area contributed by atoms with Gasteiger partial charge >= 0.3 is 23.9 Å². The molecule has 0 aromatic heterocycles. The minimum Gasteiger partial charge on any atom is -0.479 e. The predicted molar refractivity (Wildman–Crippen MR) is 322 cm³/mol. The molecule has 0 saturated carbocycles. The zero-order valence-electron chi connectivity index (χ0n) is 50.6. The van der Waals surface area contributed by atoms with Gasteiger partial charge in [0.05, 0.1) is 6.61 Å². The topological polar surface area (TPSA) is 175 Å². The van der Waals surface area contributed by atoms with Gasteiger partial charge in [0.15, 0.2) is 24.6 Å². The second kappa shape index (κ2) is 55.2. The molecular weight excluding hydrogens is 997 g/mol. The lowest BCUT2D eigenvalue weighted by molar-refractivity contribution is -0.301. The Labute approximate surface area is 482 Å². The van der Waals surface area contributed by atoms with Gasteiger partial charge in [-0.3, -0.25) is 14.4 Å². The van der Waals surface area contributed by atoms with Crippen LogP contribution < -0.4 is 0 Å². The molecule has 6 atom stereocenters. The van der Waals surface area contributed by atoms with E-state index in [1.165, 1.54) is 135 Å². The van der Waals surface area contributed by atoms with Crippen LogP contribution in [0.5, 0.6) is 0 Å². The van der Waals surface area contributed by atoms with Crippen LogP contribution in [0.4, 0.5) is 0 Å². The van der Waals surface area contributed by atoms with Crippen LogP contribution >= 0.6 is 0 Å². The van der Waals surface area contributed by atoms with Crippen molar-refractivity contribution < 1.29 is 58.2 Å². The number of carbonyl (C=O) groups is 4. The molecule has 1 rings (SSSR count). The summed E-state index contributed by atoms with van der Waals surface area (Å²) in [5.41, 5.74) is 0. The van der Waals surface area contributed by atoms with Crippen molar-refractivity contribution in [2.24, 2.45) is 0 Å². The molecule has 0 aromatic rings. The summed E-state index contributed by atoms with van der Waals surface area (Å²) in [5.74, 6) is -3.12.